The van der Waals surface area contributed by atoms with E-state index in [9.17, 15) is 4.79 Å². The molecule has 0 spiro atoms. The summed E-state index contributed by atoms with van der Waals surface area (Å²) in [7, 11) is 0. The predicted molar refractivity (Wildman–Crippen MR) is 45.3 cm³/mol. The summed E-state index contributed by atoms with van der Waals surface area (Å²) < 4.78 is 0. The van der Waals surface area contributed by atoms with Crippen molar-refractivity contribution in [1.82, 2.24) is 15.3 Å². The standard InChI is InChI=1S/C8H11N3O2/c12-8(13)3-7-10-5-1-2-9-4-6(5)11-7/h9H,1-4H2,(H,10,11)(H,12,13). The Morgan fingerprint density at radius 3 is 3.15 bits per heavy atom. The third-order valence-corrected chi connectivity index (χ3v) is 2.07. The van der Waals surface area contributed by atoms with Crippen LogP contribution < -0.4 is 5.32 Å². The first-order chi connectivity index (χ1) is 6.25. The van der Waals surface area contributed by atoms with E-state index in [0.29, 0.717) is 5.82 Å². The molecule has 2 heterocycles. The monoisotopic (exact) mass is 181 g/mol. The first-order valence-electron chi connectivity index (χ1n) is 4.25. The quantitative estimate of drug-likeness (QED) is 0.584. The lowest BCUT2D eigenvalue weighted by atomic mass is 10.2. The Hall–Kier alpha value is -1.36. The van der Waals surface area contributed by atoms with Gasteiger partial charge in [0.1, 0.15) is 12.2 Å². The van der Waals surface area contributed by atoms with Crippen molar-refractivity contribution in [1.29, 1.82) is 0 Å². The van der Waals surface area contributed by atoms with Gasteiger partial charge in [0.05, 0.1) is 11.4 Å². The third-order valence-electron chi connectivity index (χ3n) is 2.07. The second-order valence-electron chi connectivity index (χ2n) is 3.11. The van der Waals surface area contributed by atoms with E-state index in [0.717, 1.165) is 30.9 Å². The third kappa shape index (κ3) is 1.70. The zero-order valence-electron chi connectivity index (χ0n) is 7.13. The Bertz CT molecular complexity index is 309. The largest absolute Gasteiger partial charge is 0.481 e. The molecule has 70 valence electrons. The van der Waals surface area contributed by atoms with Gasteiger partial charge in [-0.3, -0.25) is 4.79 Å². The summed E-state index contributed by atoms with van der Waals surface area (Å²) in [6.07, 6.45) is 0.860. The number of imidazole rings is 1. The fourth-order valence-corrected chi connectivity index (χ4v) is 1.50. The molecule has 0 unspecified atom stereocenters. The predicted octanol–water partition coefficient (Wildman–Crippen LogP) is -0.318. The second-order valence-corrected chi connectivity index (χ2v) is 3.11. The number of carbonyl (C=O) groups is 1. The van der Waals surface area contributed by atoms with Gasteiger partial charge in [0, 0.05) is 19.5 Å². The van der Waals surface area contributed by atoms with Gasteiger partial charge in [0.15, 0.2) is 0 Å². The Morgan fingerprint density at radius 2 is 2.46 bits per heavy atom. The summed E-state index contributed by atoms with van der Waals surface area (Å²) >= 11 is 0. The van der Waals surface area contributed by atoms with Crippen LogP contribution in [0, 0.1) is 0 Å². The number of nitrogens with one attached hydrogen (secondary N) is 2. The maximum atomic E-state index is 10.4. The van der Waals surface area contributed by atoms with Gasteiger partial charge in [-0.05, 0) is 0 Å². The van der Waals surface area contributed by atoms with E-state index in [1.807, 2.05) is 0 Å². The van der Waals surface area contributed by atoms with E-state index in [2.05, 4.69) is 15.3 Å². The number of aromatic amines is 1. The van der Waals surface area contributed by atoms with Crippen molar-refractivity contribution in [2.75, 3.05) is 6.54 Å². The first kappa shape index (κ1) is 8.25. The van der Waals surface area contributed by atoms with E-state index in [1.165, 1.54) is 0 Å². The fraction of sp³-hybridized carbons (Fsp3) is 0.500. The number of hydrogen-bond acceptors (Lipinski definition) is 3. The smallest absolute Gasteiger partial charge is 0.311 e. The molecule has 0 saturated carbocycles. The molecule has 5 heteroatoms. The van der Waals surface area contributed by atoms with E-state index in [1.54, 1.807) is 0 Å². The average molecular weight is 181 g/mol. The number of nitrogens with zero attached hydrogens (tertiary/aromatic N) is 1. The highest BCUT2D eigenvalue weighted by molar-refractivity contribution is 5.69. The van der Waals surface area contributed by atoms with Crippen LogP contribution in [0.4, 0.5) is 0 Å². The molecule has 0 fully saturated rings. The highest BCUT2D eigenvalue weighted by Crippen LogP contribution is 2.10. The molecule has 0 radical (unpaired) electrons. The molecule has 1 aliphatic rings. The van der Waals surface area contributed by atoms with Crippen molar-refractivity contribution in [3.05, 3.63) is 17.2 Å². The van der Waals surface area contributed by atoms with E-state index >= 15 is 0 Å². The summed E-state index contributed by atoms with van der Waals surface area (Å²) in [5.74, 6) is -0.291. The minimum absolute atomic E-state index is 0.0208. The summed E-state index contributed by atoms with van der Waals surface area (Å²) in [6, 6.07) is 0. The summed E-state index contributed by atoms with van der Waals surface area (Å²) in [6.45, 7) is 1.69. The normalized spacial score (nSPS) is 15.4. The zero-order valence-corrected chi connectivity index (χ0v) is 7.13. The number of carboxylic acid groups (broad SMARTS) is 1. The molecule has 1 aromatic heterocycles. The molecule has 3 N–H and O–H groups in total. The highest BCUT2D eigenvalue weighted by atomic mass is 16.4. The average Bonchev–Trinajstić information content (AvgIpc) is 2.44. The summed E-state index contributed by atoms with van der Waals surface area (Å²) in [5, 5.41) is 11.7. The summed E-state index contributed by atoms with van der Waals surface area (Å²) in [4.78, 5) is 17.6. The summed E-state index contributed by atoms with van der Waals surface area (Å²) in [5.41, 5.74) is 2.04. The van der Waals surface area contributed by atoms with E-state index < -0.39 is 5.97 Å². The molecule has 0 aromatic carbocycles. The molecule has 2 rings (SSSR count). The Labute approximate surface area is 75.2 Å². The molecule has 1 aliphatic heterocycles. The molecular weight excluding hydrogens is 170 g/mol. The van der Waals surface area contributed by atoms with Gasteiger partial charge in [0.25, 0.3) is 0 Å². The van der Waals surface area contributed by atoms with Crippen LogP contribution in [0.2, 0.25) is 0 Å². The van der Waals surface area contributed by atoms with Crippen molar-refractivity contribution in [2.24, 2.45) is 0 Å². The maximum absolute atomic E-state index is 10.4. The van der Waals surface area contributed by atoms with Crippen LogP contribution >= 0.6 is 0 Å². The van der Waals surface area contributed by atoms with E-state index in [4.69, 9.17) is 5.11 Å². The van der Waals surface area contributed by atoms with Crippen molar-refractivity contribution in [3.8, 4) is 0 Å². The molecule has 5 nitrogen and oxygen atoms in total. The number of aliphatic carboxylic acids is 1. The number of aromatic nitrogens is 2. The molecule has 1 aromatic rings. The molecular formula is C8H11N3O2. The van der Waals surface area contributed by atoms with Gasteiger partial charge in [0.2, 0.25) is 0 Å². The van der Waals surface area contributed by atoms with Crippen LogP contribution in [0.3, 0.4) is 0 Å². The highest BCUT2D eigenvalue weighted by Gasteiger charge is 2.14. The minimum atomic E-state index is -0.848. The van der Waals surface area contributed by atoms with Crippen molar-refractivity contribution in [2.45, 2.75) is 19.4 Å². The van der Waals surface area contributed by atoms with Crippen molar-refractivity contribution < 1.29 is 9.90 Å². The van der Waals surface area contributed by atoms with Crippen LogP contribution in [0.1, 0.15) is 17.2 Å². The first-order valence-corrected chi connectivity index (χ1v) is 4.25. The molecule has 0 saturated heterocycles. The van der Waals surface area contributed by atoms with Gasteiger partial charge in [-0.1, -0.05) is 0 Å². The Morgan fingerprint density at radius 1 is 1.62 bits per heavy atom. The number of rotatable bonds is 2. The topological polar surface area (TPSA) is 78.0 Å². The minimum Gasteiger partial charge on any atom is -0.481 e. The molecule has 0 bridgehead atoms. The zero-order chi connectivity index (χ0) is 9.26. The van der Waals surface area contributed by atoms with Gasteiger partial charge >= 0.3 is 5.97 Å². The van der Waals surface area contributed by atoms with Crippen LogP contribution in [0.5, 0.6) is 0 Å². The van der Waals surface area contributed by atoms with Gasteiger partial charge < -0.3 is 15.4 Å². The lowest BCUT2D eigenvalue weighted by molar-refractivity contribution is -0.136. The molecule has 0 aliphatic carbocycles. The van der Waals surface area contributed by atoms with Crippen LogP contribution in [0.25, 0.3) is 0 Å². The van der Waals surface area contributed by atoms with Crippen LogP contribution in [-0.4, -0.2) is 27.6 Å². The number of hydrogen-bond donors (Lipinski definition) is 3. The maximum Gasteiger partial charge on any atom is 0.311 e. The van der Waals surface area contributed by atoms with Gasteiger partial charge in [-0.15, -0.1) is 0 Å². The molecule has 0 atom stereocenters. The molecule has 13 heavy (non-hydrogen) atoms. The van der Waals surface area contributed by atoms with Crippen molar-refractivity contribution in [3.63, 3.8) is 0 Å². The van der Waals surface area contributed by atoms with Gasteiger partial charge in [-0.2, -0.15) is 0 Å². The Kier molecular flexibility index (Phi) is 2.02. The second kappa shape index (κ2) is 3.18. The van der Waals surface area contributed by atoms with E-state index in [-0.39, 0.29) is 6.42 Å². The number of fused-ring (bicyclic) bond motifs is 1. The van der Waals surface area contributed by atoms with Gasteiger partial charge in [-0.25, -0.2) is 4.98 Å². The van der Waals surface area contributed by atoms with Crippen LogP contribution in [0.15, 0.2) is 0 Å². The SMILES string of the molecule is O=C(O)Cc1nc2c([nH]1)CNCC2. The lowest BCUT2D eigenvalue weighted by Crippen LogP contribution is -2.23. The van der Waals surface area contributed by atoms with Crippen molar-refractivity contribution >= 4 is 5.97 Å². The lowest BCUT2D eigenvalue weighted by Gasteiger charge is -2.09. The number of carboxylic acids is 1. The Balaban J connectivity index is 2.20. The van der Waals surface area contributed by atoms with Crippen LogP contribution in [-0.2, 0) is 24.2 Å². The number of H-pyrrole nitrogens is 1. The molecule has 0 amide bonds. The fourth-order valence-electron chi connectivity index (χ4n) is 1.50.